The highest BCUT2D eigenvalue weighted by Crippen LogP contribution is 2.17. The third kappa shape index (κ3) is 9.29. The molecule has 0 aliphatic heterocycles. The Morgan fingerprint density at radius 1 is 1.00 bits per heavy atom. The second-order valence-corrected chi connectivity index (χ2v) is 10.5. The van der Waals surface area contributed by atoms with E-state index < -0.39 is 70.1 Å². The van der Waals surface area contributed by atoms with Gasteiger partial charge in [0.2, 0.25) is 5.91 Å². The number of nitrogens with zero attached hydrogens (tertiary/aromatic N) is 1. The average molecular weight is 540 g/mol. The number of halogens is 1. The van der Waals surface area contributed by atoms with Crippen LogP contribution in [-0.2, 0) is 34.8 Å². The Hall–Kier alpha value is -3.48. The number of para-hydroxylation sites is 1. The Morgan fingerprint density at radius 3 is 2.17 bits per heavy atom. The zero-order valence-corrected chi connectivity index (χ0v) is 20.6. The molecule has 0 fully saturated rings. The predicted molar refractivity (Wildman–Crippen MR) is 132 cm³/mol. The predicted octanol–water partition coefficient (Wildman–Crippen LogP) is 1.05. The van der Waals surface area contributed by atoms with E-state index in [9.17, 15) is 32.7 Å². The number of rotatable bonds is 13. The van der Waals surface area contributed by atoms with Gasteiger partial charge in [-0.15, -0.1) is 0 Å². The summed E-state index contributed by atoms with van der Waals surface area (Å²) >= 11 is 5.83. The van der Waals surface area contributed by atoms with E-state index in [2.05, 4.69) is 5.32 Å². The highest BCUT2D eigenvalue weighted by molar-refractivity contribution is 7.90. The summed E-state index contributed by atoms with van der Waals surface area (Å²) in [5.41, 5.74) is 5.99. The lowest BCUT2D eigenvalue weighted by molar-refractivity contribution is -0.139. The van der Waals surface area contributed by atoms with Crippen LogP contribution in [-0.4, -0.2) is 66.8 Å². The minimum atomic E-state index is -4.00. The minimum Gasteiger partial charge on any atom is -0.480 e. The van der Waals surface area contributed by atoms with Crippen LogP contribution >= 0.6 is 11.6 Å². The van der Waals surface area contributed by atoms with Gasteiger partial charge in [0, 0.05) is 17.1 Å². The van der Waals surface area contributed by atoms with Crippen LogP contribution in [0.5, 0.6) is 0 Å². The number of benzene rings is 2. The summed E-state index contributed by atoms with van der Waals surface area (Å²) in [4.78, 5) is 49.1. The van der Waals surface area contributed by atoms with E-state index in [0.29, 0.717) is 10.6 Å². The van der Waals surface area contributed by atoms with E-state index in [4.69, 9.17) is 22.4 Å². The fourth-order valence-corrected chi connectivity index (χ4v) is 4.90. The number of carbonyl (C=O) groups is 4. The summed E-state index contributed by atoms with van der Waals surface area (Å²) in [6, 6.07) is 10.8. The van der Waals surface area contributed by atoms with Gasteiger partial charge in [0.05, 0.1) is 11.5 Å². The van der Waals surface area contributed by atoms with Crippen molar-refractivity contribution in [2.75, 3.05) is 17.2 Å². The van der Waals surface area contributed by atoms with Crippen molar-refractivity contribution >= 4 is 50.9 Å². The van der Waals surface area contributed by atoms with Gasteiger partial charge < -0.3 is 21.3 Å². The maximum atomic E-state index is 13.4. The van der Waals surface area contributed by atoms with E-state index in [1.807, 2.05) is 0 Å². The highest BCUT2D eigenvalue weighted by Gasteiger charge is 2.32. The molecule has 0 aliphatic carbocycles. The number of aliphatic carboxylic acids is 2. The molecule has 2 atom stereocenters. The number of nitrogens with two attached hydrogens (primary N) is 1. The molecule has 0 aliphatic rings. The molecule has 0 spiro atoms. The van der Waals surface area contributed by atoms with Gasteiger partial charge in [0.1, 0.15) is 18.6 Å². The lowest BCUT2D eigenvalue weighted by atomic mass is 10.1. The van der Waals surface area contributed by atoms with Crippen molar-refractivity contribution in [3.8, 4) is 0 Å². The second-order valence-electron chi connectivity index (χ2n) is 7.94. The number of hydrogen-bond donors (Lipinski definition) is 4. The van der Waals surface area contributed by atoms with E-state index in [0.717, 1.165) is 4.90 Å². The van der Waals surface area contributed by atoms with Crippen molar-refractivity contribution in [1.29, 1.82) is 0 Å². The lowest BCUT2D eigenvalue weighted by Crippen LogP contribution is -2.53. The van der Waals surface area contributed by atoms with Crippen molar-refractivity contribution in [2.24, 2.45) is 5.73 Å². The monoisotopic (exact) mass is 539 g/mol. The van der Waals surface area contributed by atoms with Gasteiger partial charge >= 0.3 is 11.9 Å². The van der Waals surface area contributed by atoms with Crippen molar-refractivity contribution in [3.63, 3.8) is 0 Å². The Balaban J connectivity index is 2.32. The quantitative estimate of drug-likeness (QED) is 0.289. The van der Waals surface area contributed by atoms with Crippen LogP contribution in [0.1, 0.15) is 18.4 Å². The maximum absolute atomic E-state index is 13.4. The summed E-state index contributed by atoms with van der Waals surface area (Å²) in [5.74, 6) is -5.73. The zero-order valence-electron chi connectivity index (χ0n) is 19.0. The average Bonchev–Trinajstić information content (AvgIpc) is 2.81. The molecule has 2 aromatic carbocycles. The van der Waals surface area contributed by atoms with Gasteiger partial charge in [0.15, 0.2) is 9.84 Å². The van der Waals surface area contributed by atoms with Gasteiger partial charge in [0.25, 0.3) is 5.91 Å². The standard InChI is InChI=1S/C23H26ClN3O8S/c24-16-8-6-15(7-9-16)13-36(34,35)14-19(26-20(28)11-10-18(25)23(32)33)22(31)27(12-21(29)30)17-4-2-1-3-5-17/h1-9,18-19H,10-14,25H2,(H,26,28)(H,29,30)(H,32,33)/t18-,19-/m0/s1. The van der Waals surface area contributed by atoms with Gasteiger partial charge in [-0.05, 0) is 36.2 Å². The Kier molecular flexibility index (Phi) is 10.4. The van der Waals surface area contributed by atoms with Crippen molar-refractivity contribution < 1.29 is 37.8 Å². The van der Waals surface area contributed by atoms with Crippen LogP contribution in [0.15, 0.2) is 54.6 Å². The van der Waals surface area contributed by atoms with Crippen LogP contribution in [0.25, 0.3) is 0 Å². The first-order valence-electron chi connectivity index (χ1n) is 10.7. The number of anilines is 1. The van der Waals surface area contributed by atoms with Crippen LogP contribution in [0.2, 0.25) is 5.02 Å². The van der Waals surface area contributed by atoms with E-state index in [-0.39, 0.29) is 12.1 Å². The first-order chi connectivity index (χ1) is 16.9. The van der Waals surface area contributed by atoms with Crippen LogP contribution < -0.4 is 16.0 Å². The molecule has 2 amide bonds. The van der Waals surface area contributed by atoms with E-state index >= 15 is 0 Å². The van der Waals surface area contributed by atoms with Gasteiger partial charge in [-0.2, -0.15) is 0 Å². The largest absolute Gasteiger partial charge is 0.480 e. The molecule has 36 heavy (non-hydrogen) atoms. The number of hydrogen-bond acceptors (Lipinski definition) is 7. The van der Waals surface area contributed by atoms with E-state index in [1.165, 1.54) is 36.4 Å². The van der Waals surface area contributed by atoms with Gasteiger partial charge in [-0.1, -0.05) is 41.9 Å². The first kappa shape index (κ1) is 28.8. The summed E-state index contributed by atoms with van der Waals surface area (Å²) in [6.45, 7) is -0.781. The summed E-state index contributed by atoms with van der Waals surface area (Å²) < 4.78 is 25.9. The number of nitrogens with one attached hydrogen (secondary N) is 1. The van der Waals surface area contributed by atoms with Crippen LogP contribution in [0, 0.1) is 0 Å². The molecule has 0 saturated carbocycles. The molecule has 194 valence electrons. The molecule has 0 saturated heterocycles. The Morgan fingerprint density at radius 2 is 1.61 bits per heavy atom. The normalized spacial score (nSPS) is 12.8. The topological polar surface area (TPSA) is 184 Å². The maximum Gasteiger partial charge on any atom is 0.323 e. The first-order valence-corrected chi connectivity index (χ1v) is 12.9. The van der Waals surface area contributed by atoms with Crippen molar-refractivity contribution in [1.82, 2.24) is 5.32 Å². The Bertz CT molecular complexity index is 1190. The third-order valence-electron chi connectivity index (χ3n) is 4.98. The van der Waals surface area contributed by atoms with E-state index in [1.54, 1.807) is 18.2 Å². The molecular formula is C23H26ClN3O8S. The molecular weight excluding hydrogens is 514 g/mol. The summed E-state index contributed by atoms with van der Waals surface area (Å²) in [6.07, 6.45) is -0.643. The molecule has 2 rings (SSSR count). The fraction of sp³-hybridized carbons (Fsp3) is 0.304. The number of carboxylic acids is 2. The Labute approximate surface area is 212 Å². The number of carbonyl (C=O) groups excluding carboxylic acids is 2. The molecule has 2 aromatic rings. The molecule has 13 heteroatoms. The van der Waals surface area contributed by atoms with Crippen molar-refractivity contribution in [2.45, 2.75) is 30.7 Å². The number of carboxylic acid groups (broad SMARTS) is 2. The number of sulfone groups is 1. The molecule has 0 aromatic heterocycles. The number of amides is 2. The third-order valence-corrected chi connectivity index (χ3v) is 6.85. The lowest BCUT2D eigenvalue weighted by Gasteiger charge is -2.27. The summed E-state index contributed by atoms with van der Waals surface area (Å²) in [5, 5.41) is 20.9. The van der Waals surface area contributed by atoms with Gasteiger partial charge in [-0.25, -0.2) is 8.42 Å². The minimum absolute atomic E-state index is 0.187. The molecule has 0 radical (unpaired) electrons. The van der Waals surface area contributed by atoms with Crippen LogP contribution in [0.3, 0.4) is 0 Å². The zero-order chi connectivity index (χ0) is 26.9. The van der Waals surface area contributed by atoms with Crippen LogP contribution in [0.4, 0.5) is 5.69 Å². The fourth-order valence-electron chi connectivity index (χ4n) is 3.23. The molecule has 0 unspecified atom stereocenters. The van der Waals surface area contributed by atoms with Crippen molar-refractivity contribution in [3.05, 3.63) is 65.2 Å². The molecule has 0 bridgehead atoms. The SMILES string of the molecule is N[C@@H](CCC(=O)N[C@@H](CS(=O)(=O)Cc1ccc(Cl)cc1)C(=O)N(CC(=O)O)c1ccccc1)C(=O)O. The second kappa shape index (κ2) is 13.0. The summed E-state index contributed by atoms with van der Waals surface area (Å²) in [7, 11) is -4.00. The molecule has 11 nitrogen and oxygen atoms in total. The smallest absolute Gasteiger partial charge is 0.323 e. The molecule has 5 N–H and O–H groups in total. The highest BCUT2D eigenvalue weighted by atomic mass is 35.5. The molecule has 0 heterocycles. The van der Waals surface area contributed by atoms with Gasteiger partial charge in [-0.3, -0.25) is 24.1 Å².